The fourth-order valence-corrected chi connectivity index (χ4v) is 2.17. The van der Waals surface area contributed by atoms with E-state index in [2.05, 4.69) is 20.6 Å². The van der Waals surface area contributed by atoms with Crippen molar-refractivity contribution in [3.8, 4) is 0 Å². The molecule has 1 heterocycles. The smallest absolute Gasteiger partial charge is 0.147 e. The Bertz CT molecular complexity index is 224. The van der Waals surface area contributed by atoms with Crippen LogP contribution in [-0.2, 0) is 4.79 Å². The summed E-state index contributed by atoms with van der Waals surface area (Å²) < 4.78 is 0.969. The van der Waals surface area contributed by atoms with Crippen molar-refractivity contribution in [2.75, 3.05) is 20.1 Å². The molecule has 1 aliphatic heterocycles. The Labute approximate surface area is 80.8 Å². The molecule has 0 aliphatic carbocycles. The Morgan fingerprint density at radius 2 is 2.23 bits per heavy atom. The second-order valence-electron chi connectivity index (χ2n) is 4.55. The predicted octanol–water partition coefficient (Wildman–Crippen LogP) is 1.62. The van der Waals surface area contributed by atoms with Gasteiger partial charge in [0.1, 0.15) is 5.78 Å². The van der Waals surface area contributed by atoms with Crippen molar-refractivity contribution in [3.63, 3.8) is 0 Å². The van der Waals surface area contributed by atoms with Gasteiger partial charge in [0.2, 0.25) is 0 Å². The Kier molecular flexibility index (Phi) is 2.91. The van der Waals surface area contributed by atoms with E-state index in [1.165, 1.54) is 0 Å². The molecule has 1 aliphatic rings. The minimum absolute atomic E-state index is 0.223. The zero-order chi connectivity index (χ0) is 10.1. The number of likely N-dealkylation sites (N-methyl/N-ethyl adjacent to an activating group) is 1. The van der Waals surface area contributed by atoms with Crippen LogP contribution in [-0.4, -0.2) is 36.4 Å². The summed E-state index contributed by atoms with van der Waals surface area (Å²) in [5.41, 5.74) is 0. The second-order valence-corrected chi connectivity index (χ2v) is 4.55. The van der Waals surface area contributed by atoms with Gasteiger partial charge in [0.25, 0.3) is 0 Å². The van der Waals surface area contributed by atoms with Crippen molar-refractivity contribution in [2.24, 2.45) is 5.92 Å². The van der Waals surface area contributed by atoms with Crippen LogP contribution in [0.25, 0.3) is 0 Å². The van der Waals surface area contributed by atoms with Crippen molar-refractivity contribution < 1.29 is 9.28 Å². The van der Waals surface area contributed by atoms with Gasteiger partial charge in [0.15, 0.2) is 0 Å². The molecule has 3 atom stereocenters. The first-order valence-corrected chi connectivity index (χ1v) is 4.97. The fourth-order valence-electron chi connectivity index (χ4n) is 2.17. The van der Waals surface area contributed by atoms with Crippen LogP contribution in [0.1, 0.15) is 20.3 Å². The number of nitrogens with zero attached hydrogens (tertiary/aromatic N) is 1. The normalized spacial score (nSPS) is 40.4. The molecule has 1 fully saturated rings. The number of likely N-dealkylation sites (tertiary alicyclic amines) is 1. The Balaban J connectivity index is 2.75. The van der Waals surface area contributed by atoms with Gasteiger partial charge in [-0.25, -0.2) is 0 Å². The predicted molar refractivity (Wildman–Crippen MR) is 54.4 cm³/mol. The minimum atomic E-state index is 0.223. The molecule has 2 heteroatoms. The molecule has 1 rings (SSSR count). The summed E-state index contributed by atoms with van der Waals surface area (Å²) in [6.07, 6.45) is 2.69. The van der Waals surface area contributed by atoms with Crippen LogP contribution in [0.4, 0.5) is 0 Å². The summed E-state index contributed by atoms with van der Waals surface area (Å²) in [6.45, 7) is 9.91. The highest BCUT2D eigenvalue weighted by Gasteiger charge is 2.38. The number of Topliss-reactive ketones (excluding diaryl/α,β-unsaturated/α-hetero) is 1. The lowest BCUT2D eigenvalue weighted by Gasteiger charge is -2.44. The molecular weight excluding hydrogens is 162 g/mol. The Morgan fingerprint density at radius 1 is 1.62 bits per heavy atom. The van der Waals surface area contributed by atoms with Crippen molar-refractivity contribution in [1.82, 2.24) is 0 Å². The van der Waals surface area contributed by atoms with E-state index in [1.807, 2.05) is 13.0 Å². The topological polar surface area (TPSA) is 17.1 Å². The van der Waals surface area contributed by atoms with Crippen LogP contribution in [0.15, 0.2) is 12.7 Å². The summed E-state index contributed by atoms with van der Waals surface area (Å²) in [5.74, 6) is 0.647. The van der Waals surface area contributed by atoms with Crippen LogP contribution in [0.2, 0.25) is 0 Å². The van der Waals surface area contributed by atoms with E-state index in [0.717, 1.165) is 24.0 Å². The molecule has 2 nitrogen and oxygen atoms in total. The van der Waals surface area contributed by atoms with Gasteiger partial charge in [-0.2, -0.15) is 0 Å². The highest BCUT2D eigenvalue weighted by atomic mass is 16.1. The van der Waals surface area contributed by atoms with E-state index >= 15 is 0 Å². The van der Waals surface area contributed by atoms with Crippen molar-refractivity contribution in [1.29, 1.82) is 0 Å². The molecule has 1 saturated heterocycles. The van der Waals surface area contributed by atoms with Gasteiger partial charge in [-0.3, -0.25) is 4.79 Å². The van der Waals surface area contributed by atoms with Crippen LogP contribution in [0, 0.1) is 5.92 Å². The van der Waals surface area contributed by atoms with E-state index in [-0.39, 0.29) is 5.92 Å². The molecule has 0 aromatic heterocycles. The SMILES string of the molecule is C=CC[N+]1(C)C[C@H](C)C(=O)C[C@H]1C. The van der Waals surface area contributed by atoms with Gasteiger partial charge in [-0.15, -0.1) is 0 Å². The third-order valence-corrected chi connectivity index (χ3v) is 3.35. The van der Waals surface area contributed by atoms with Gasteiger partial charge in [0.05, 0.1) is 38.5 Å². The lowest BCUT2D eigenvalue weighted by molar-refractivity contribution is -0.930. The molecule has 0 aromatic rings. The van der Waals surface area contributed by atoms with Crippen molar-refractivity contribution >= 4 is 5.78 Å². The van der Waals surface area contributed by atoms with E-state index < -0.39 is 0 Å². The van der Waals surface area contributed by atoms with E-state index in [1.54, 1.807) is 0 Å². The van der Waals surface area contributed by atoms with E-state index in [9.17, 15) is 4.79 Å². The molecule has 0 bridgehead atoms. The van der Waals surface area contributed by atoms with Gasteiger partial charge in [0, 0.05) is 0 Å². The fraction of sp³-hybridized carbons (Fsp3) is 0.727. The number of ketones is 1. The number of rotatable bonds is 2. The van der Waals surface area contributed by atoms with Gasteiger partial charge in [-0.05, 0) is 13.0 Å². The number of piperidine rings is 1. The van der Waals surface area contributed by atoms with Crippen LogP contribution in [0.3, 0.4) is 0 Å². The lowest BCUT2D eigenvalue weighted by Crippen LogP contribution is -2.58. The highest BCUT2D eigenvalue weighted by molar-refractivity contribution is 5.81. The zero-order valence-electron chi connectivity index (χ0n) is 8.92. The maximum Gasteiger partial charge on any atom is 0.147 e. The third-order valence-electron chi connectivity index (χ3n) is 3.35. The standard InChI is InChI=1S/C11H20NO/c1-5-6-12(4)8-9(2)11(13)7-10(12)3/h5,9-10H,1,6-8H2,2-4H3/q+1/t9-,10+,12?/m0/s1. The summed E-state index contributed by atoms with van der Waals surface area (Å²) >= 11 is 0. The number of carbonyl (C=O) groups excluding carboxylic acids is 1. The first-order chi connectivity index (χ1) is 5.99. The number of hydrogen-bond donors (Lipinski definition) is 0. The van der Waals surface area contributed by atoms with Crippen LogP contribution >= 0.6 is 0 Å². The largest absolute Gasteiger partial charge is 0.320 e. The monoisotopic (exact) mass is 182 g/mol. The van der Waals surface area contributed by atoms with Crippen molar-refractivity contribution in [3.05, 3.63) is 12.7 Å². The molecule has 0 spiro atoms. The zero-order valence-corrected chi connectivity index (χ0v) is 8.92. The Hall–Kier alpha value is -0.630. The summed E-state index contributed by atoms with van der Waals surface area (Å²) in [6, 6.07) is 0.446. The summed E-state index contributed by atoms with van der Waals surface area (Å²) in [4.78, 5) is 11.5. The second kappa shape index (κ2) is 3.62. The quantitative estimate of drug-likeness (QED) is 0.468. The molecule has 0 aromatic carbocycles. The maximum absolute atomic E-state index is 11.5. The third kappa shape index (κ3) is 1.99. The van der Waals surface area contributed by atoms with Crippen molar-refractivity contribution in [2.45, 2.75) is 26.3 Å². The lowest BCUT2D eigenvalue weighted by atomic mass is 9.91. The molecule has 0 saturated carbocycles. The van der Waals surface area contributed by atoms with Gasteiger partial charge >= 0.3 is 0 Å². The van der Waals surface area contributed by atoms with E-state index in [0.29, 0.717) is 11.8 Å². The maximum atomic E-state index is 11.5. The number of hydrogen-bond acceptors (Lipinski definition) is 1. The molecular formula is C11H20NO+. The molecule has 0 N–H and O–H groups in total. The van der Waals surface area contributed by atoms with E-state index in [4.69, 9.17) is 0 Å². The molecule has 13 heavy (non-hydrogen) atoms. The number of quaternary nitrogens is 1. The van der Waals surface area contributed by atoms with Crippen LogP contribution in [0.5, 0.6) is 0 Å². The molecule has 0 amide bonds. The minimum Gasteiger partial charge on any atom is -0.320 e. The van der Waals surface area contributed by atoms with Gasteiger partial charge in [-0.1, -0.05) is 13.5 Å². The molecule has 74 valence electrons. The first kappa shape index (κ1) is 10.5. The molecule has 0 radical (unpaired) electrons. The summed E-state index contributed by atoms with van der Waals surface area (Å²) in [7, 11) is 2.22. The molecule has 1 unspecified atom stereocenters. The Morgan fingerprint density at radius 3 is 2.77 bits per heavy atom. The average molecular weight is 182 g/mol. The van der Waals surface area contributed by atoms with Gasteiger partial charge < -0.3 is 4.48 Å². The van der Waals surface area contributed by atoms with Crippen LogP contribution < -0.4 is 0 Å². The highest BCUT2D eigenvalue weighted by Crippen LogP contribution is 2.24. The average Bonchev–Trinajstić information content (AvgIpc) is 2.02. The number of carbonyl (C=O) groups is 1. The first-order valence-electron chi connectivity index (χ1n) is 4.97. The summed E-state index contributed by atoms with van der Waals surface area (Å²) in [5, 5.41) is 0.